The van der Waals surface area contributed by atoms with Crippen molar-refractivity contribution in [3.63, 3.8) is 0 Å². The summed E-state index contributed by atoms with van der Waals surface area (Å²) in [6, 6.07) is 8.27. The fourth-order valence-corrected chi connectivity index (χ4v) is 6.67. The normalized spacial score (nSPS) is 33.9. The fraction of sp³-hybridized carbons (Fsp3) is 0.667. The number of hydrogen-bond donors (Lipinski definition) is 2. The number of halogens is 1. The van der Waals surface area contributed by atoms with Gasteiger partial charge in [0.25, 0.3) is 0 Å². The van der Waals surface area contributed by atoms with Gasteiger partial charge in [0, 0.05) is 16.8 Å². The van der Waals surface area contributed by atoms with Crippen molar-refractivity contribution in [2.75, 3.05) is 5.32 Å². The summed E-state index contributed by atoms with van der Waals surface area (Å²) in [6.45, 7) is 2.30. The van der Waals surface area contributed by atoms with Gasteiger partial charge in [-0.25, -0.2) is 0 Å². The molecule has 4 fully saturated rings. The van der Waals surface area contributed by atoms with Gasteiger partial charge >= 0.3 is 0 Å². The zero-order chi connectivity index (χ0) is 17.4. The van der Waals surface area contributed by atoms with Crippen molar-refractivity contribution in [1.29, 1.82) is 0 Å². The number of benzene rings is 1. The largest absolute Gasteiger partial charge is 0.359 e. The van der Waals surface area contributed by atoms with Gasteiger partial charge in [-0.15, -0.1) is 0 Å². The first-order chi connectivity index (χ1) is 12.1. The zero-order valence-corrected chi connectivity index (χ0v) is 16.6. The third-order valence-electron chi connectivity index (χ3n) is 6.81. The first kappa shape index (κ1) is 17.6. The molecule has 4 saturated carbocycles. The lowest BCUT2D eigenvalue weighted by Gasteiger charge is -2.59. The molecular formula is C21H29ClN2S. The molecule has 4 aliphatic rings. The Morgan fingerprint density at radius 1 is 1.12 bits per heavy atom. The maximum Gasteiger partial charge on any atom is 0.171 e. The van der Waals surface area contributed by atoms with E-state index in [4.69, 9.17) is 23.8 Å². The lowest BCUT2D eigenvalue weighted by atomic mass is 9.47. The molecule has 0 aliphatic heterocycles. The van der Waals surface area contributed by atoms with Gasteiger partial charge in [-0.3, -0.25) is 0 Å². The molecule has 5 rings (SSSR count). The molecule has 2 N–H and O–H groups in total. The second-order valence-corrected chi connectivity index (χ2v) is 9.57. The lowest BCUT2D eigenvalue weighted by Crippen LogP contribution is -2.57. The van der Waals surface area contributed by atoms with Crippen LogP contribution < -0.4 is 10.6 Å². The van der Waals surface area contributed by atoms with Crippen LogP contribution in [0.1, 0.15) is 58.3 Å². The predicted molar refractivity (Wildman–Crippen MR) is 110 cm³/mol. The number of hydrogen-bond acceptors (Lipinski definition) is 1. The predicted octanol–water partition coefficient (Wildman–Crippen LogP) is 6.01. The summed E-state index contributed by atoms with van der Waals surface area (Å²) in [6.07, 6.45) is 11.2. The molecule has 1 atom stereocenters. The van der Waals surface area contributed by atoms with Crippen LogP contribution in [-0.4, -0.2) is 11.2 Å². The molecular weight excluding hydrogens is 348 g/mol. The quantitative estimate of drug-likeness (QED) is 0.615. The average Bonchev–Trinajstić information content (AvgIpc) is 2.55. The number of anilines is 1. The molecule has 0 saturated heterocycles. The minimum Gasteiger partial charge on any atom is -0.359 e. The molecule has 4 heteroatoms. The number of nitrogens with one attached hydrogen (secondary N) is 2. The van der Waals surface area contributed by atoms with Crippen molar-refractivity contribution < 1.29 is 0 Å². The van der Waals surface area contributed by atoms with Crippen molar-refractivity contribution in [2.24, 2.45) is 23.2 Å². The standard InChI is InChI=1S/C21H29ClN2S/c1-2-3-19(24-20(25)23-18-6-4-17(22)5-7-18)21-11-14-8-15(12-21)10-16(9-14)13-21/h4-7,14-16,19H,2-3,8-13H2,1H3,(H2,23,24,25). The molecule has 1 unspecified atom stereocenters. The molecule has 136 valence electrons. The van der Waals surface area contributed by atoms with Crippen LogP contribution in [0.5, 0.6) is 0 Å². The molecule has 0 amide bonds. The van der Waals surface area contributed by atoms with Crippen LogP contribution in [0, 0.1) is 23.2 Å². The molecule has 1 aromatic carbocycles. The average molecular weight is 377 g/mol. The van der Waals surface area contributed by atoms with Gasteiger partial charge in [0.2, 0.25) is 0 Å². The van der Waals surface area contributed by atoms with Gasteiger partial charge in [0.1, 0.15) is 0 Å². The van der Waals surface area contributed by atoms with Crippen molar-refractivity contribution in [2.45, 2.75) is 64.3 Å². The van der Waals surface area contributed by atoms with Crippen molar-refractivity contribution in [3.05, 3.63) is 29.3 Å². The molecule has 0 heterocycles. The van der Waals surface area contributed by atoms with E-state index in [1.165, 1.54) is 51.4 Å². The molecule has 25 heavy (non-hydrogen) atoms. The highest BCUT2D eigenvalue weighted by Gasteiger charge is 2.54. The van der Waals surface area contributed by atoms with E-state index < -0.39 is 0 Å². The fourth-order valence-electron chi connectivity index (χ4n) is 6.28. The zero-order valence-electron chi connectivity index (χ0n) is 15.1. The van der Waals surface area contributed by atoms with Gasteiger partial charge in [0.05, 0.1) is 0 Å². The Hall–Kier alpha value is -0.800. The summed E-state index contributed by atoms with van der Waals surface area (Å²) in [5, 5.41) is 8.59. The van der Waals surface area contributed by atoms with Crippen LogP contribution in [0.2, 0.25) is 5.02 Å². The maximum absolute atomic E-state index is 5.97. The third-order valence-corrected chi connectivity index (χ3v) is 7.28. The summed E-state index contributed by atoms with van der Waals surface area (Å²) in [5.74, 6) is 2.93. The molecule has 2 nitrogen and oxygen atoms in total. The molecule has 1 aromatic rings. The highest BCUT2D eigenvalue weighted by molar-refractivity contribution is 7.80. The van der Waals surface area contributed by atoms with Gasteiger partial charge in [-0.05, 0) is 105 Å². The van der Waals surface area contributed by atoms with Crippen LogP contribution in [0.15, 0.2) is 24.3 Å². The maximum atomic E-state index is 5.97. The molecule has 0 aromatic heterocycles. The van der Waals surface area contributed by atoms with Crippen LogP contribution in [0.4, 0.5) is 5.69 Å². The molecule has 4 aliphatic carbocycles. The van der Waals surface area contributed by atoms with Crippen LogP contribution in [0.3, 0.4) is 0 Å². The van der Waals surface area contributed by atoms with E-state index in [2.05, 4.69) is 17.6 Å². The van der Waals surface area contributed by atoms with E-state index in [1.807, 2.05) is 24.3 Å². The highest BCUT2D eigenvalue weighted by atomic mass is 35.5. The summed E-state index contributed by atoms with van der Waals surface area (Å²) < 4.78 is 0. The van der Waals surface area contributed by atoms with E-state index >= 15 is 0 Å². The van der Waals surface area contributed by atoms with Gasteiger partial charge in [-0.2, -0.15) is 0 Å². The lowest BCUT2D eigenvalue weighted by molar-refractivity contribution is -0.0718. The molecule has 4 bridgehead atoms. The van der Waals surface area contributed by atoms with Crippen molar-refractivity contribution in [1.82, 2.24) is 5.32 Å². The van der Waals surface area contributed by atoms with Gasteiger partial charge < -0.3 is 10.6 Å². The molecule has 0 radical (unpaired) electrons. The molecule has 0 spiro atoms. The summed E-state index contributed by atoms with van der Waals surface area (Å²) in [5.41, 5.74) is 1.49. The second-order valence-electron chi connectivity index (χ2n) is 8.73. The van der Waals surface area contributed by atoms with Gasteiger partial charge in [-0.1, -0.05) is 24.9 Å². The Balaban J connectivity index is 1.46. The van der Waals surface area contributed by atoms with E-state index in [-0.39, 0.29) is 0 Å². The van der Waals surface area contributed by atoms with E-state index in [9.17, 15) is 0 Å². The summed E-state index contributed by atoms with van der Waals surface area (Å²) >= 11 is 11.6. The number of thiocarbonyl (C=S) groups is 1. The van der Waals surface area contributed by atoms with Crippen molar-refractivity contribution >= 4 is 34.6 Å². The number of rotatable bonds is 5. The smallest absolute Gasteiger partial charge is 0.171 e. The van der Waals surface area contributed by atoms with E-state index in [1.54, 1.807) is 0 Å². The third kappa shape index (κ3) is 3.68. The van der Waals surface area contributed by atoms with Crippen LogP contribution >= 0.6 is 23.8 Å². The minimum absolute atomic E-state index is 0.483. The van der Waals surface area contributed by atoms with Crippen LogP contribution in [0.25, 0.3) is 0 Å². The topological polar surface area (TPSA) is 24.1 Å². The monoisotopic (exact) mass is 376 g/mol. The van der Waals surface area contributed by atoms with E-state index in [0.717, 1.165) is 33.6 Å². The second kappa shape index (κ2) is 7.08. The minimum atomic E-state index is 0.483. The highest BCUT2D eigenvalue weighted by Crippen LogP contribution is 2.61. The Kier molecular flexibility index (Phi) is 4.98. The first-order valence-electron chi connectivity index (χ1n) is 9.89. The Labute approximate surface area is 162 Å². The summed E-state index contributed by atoms with van der Waals surface area (Å²) in [7, 11) is 0. The Bertz CT molecular complexity index is 592. The SMILES string of the molecule is CCCC(NC(=S)Nc1ccc(Cl)cc1)C12CC3CC(CC(C3)C1)C2. The summed E-state index contributed by atoms with van der Waals surface area (Å²) in [4.78, 5) is 0. The van der Waals surface area contributed by atoms with E-state index in [0.29, 0.717) is 11.5 Å². The van der Waals surface area contributed by atoms with Gasteiger partial charge in [0.15, 0.2) is 5.11 Å². The Morgan fingerprint density at radius 2 is 1.68 bits per heavy atom. The van der Waals surface area contributed by atoms with Crippen molar-refractivity contribution in [3.8, 4) is 0 Å². The Morgan fingerprint density at radius 3 is 2.20 bits per heavy atom. The first-order valence-corrected chi connectivity index (χ1v) is 10.7. The van der Waals surface area contributed by atoms with Crippen LogP contribution in [-0.2, 0) is 0 Å².